The highest BCUT2D eigenvalue weighted by molar-refractivity contribution is 7.89. The average molecular weight is 383 g/mol. The van der Waals surface area contributed by atoms with E-state index in [1.807, 2.05) is 6.07 Å². The number of amides is 1. The maximum Gasteiger partial charge on any atom is 0.243 e. The molecule has 1 N–H and O–H groups in total. The topological polar surface area (TPSA) is 99.5 Å². The van der Waals surface area contributed by atoms with Gasteiger partial charge in [0.05, 0.1) is 29.1 Å². The van der Waals surface area contributed by atoms with Crippen LogP contribution in [0.3, 0.4) is 0 Å². The number of nitrogens with one attached hydrogen (secondary N) is 1. The summed E-state index contributed by atoms with van der Waals surface area (Å²) in [6.07, 6.45) is 0.397. The van der Waals surface area contributed by atoms with Crippen molar-refractivity contribution in [3.8, 4) is 11.8 Å². The summed E-state index contributed by atoms with van der Waals surface area (Å²) in [7, 11) is -2.21. The second-order valence-electron chi connectivity index (χ2n) is 6.67. The number of hydrogen-bond donors (Lipinski definition) is 1. The van der Waals surface area contributed by atoms with E-state index in [4.69, 9.17) is 10.00 Å². The minimum absolute atomic E-state index is 0.0708. The van der Waals surface area contributed by atoms with Gasteiger partial charge in [0.2, 0.25) is 15.9 Å². The summed E-state index contributed by atoms with van der Waals surface area (Å²) in [4.78, 5) is 12.9. The third-order valence-corrected chi connectivity index (χ3v) is 7.14. The lowest BCUT2D eigenvalue weighted by Gasteiger charge is -2.22. The molecule has 2 aromatic rings. The monoisotopic (exact) mass is 383 g/mol. The fraction of sp³-hybridized carbons (Fsp3) is 0.263. The van der Waals surface area contributed by atoms with Crippen LogP contribution >= 0.6 is 0 Å². The molecule has 0 bridgehead atoms. The first kappa shape index (κ1) is 17.5. The molecule has 4 rings (SSSR count). The number of hydrogen-bond acceptors (Lipinski definition) is 5. The molecular weight excluding hydrogens is 366 g/mol. The molecule has 1 fully saturated rings. The molecule has 2 heterocycles. The number of carbonyl (C=O) groups is 1. The molecule has 0 aromatic heterocycles. The Kier molecular flexibility index (Phi) is 3.94. The molecule has 1 amide bonds. The number of rotatable bonds is 3. The van der Waals surface area contributed by atoms with Crippen LogP contribution in [-0.4, -0.2) is 38.8 Å². The number of nitrogens with zero attached hydrogens (tertiary/aromatic N) is 2. The molecule has 0 aliphatic carbocycles. The van der Waals surface area contributed by atoms with Crippen LogP contribution in [0.25, 0.3) is 0 Å². The van der Waals surface area contributed by atoms with Crippen LogP contribution < -0.4 is 10.1 Å². The normalized spacial score (nSPS) is 21.7. The molecule has 1 atom stereocenters. The molecule has 138 valence electrons. The van der Waals surface area contributed by atoms with E-state index < -0.39 is 15.4 Å². The lowest BCUT2D eigenvalue weighted by atomic mass is 9.81. The molecule has 2 aliphatic heterocycles. The van der Waals surface area contributed by atoms with Crippen molar-refractivity contribution in [1.29, 1.82) is 5.26 Å². The van der Waals surface area contributed by atoms with Crippen molar-refractivity contribution in [3.63, 3.8) is 0 Å². The van der Waals surface area contributed by atoms with Crippen LogP contribution in [0.1, 0.15) is 17.5 Å². The molecule has 7 nitrogen and oxygen atoms in total. The fourth-order valence-corrected chi connectivity index (χ4v) is 5.26. The highest BCUT2D eigenvalue weighted by Gasteiger charge is 2.53. The molecule has 1 spiro atoms. The van der Waals surface area contributed by atoms with Gasteiger partial charge in [-0.1, -0.05) is 0 Å². The van der Waals surface area contributed by atoms with E-state index in [-0.39, 0.29) is 23.9 Å². The number of nitriles is 1. The quantitative estimate of drug-likeness (QED) is 0.872. The van der Waals surface area contributed by atoms with Gasteiger partial charge in [0.1, 0.15) is 5.75 Å². The third kappa shape index (κ3) is 2.59. The fourth-order valence-electron chi connectivity index (χ4n) is 3.76. The van der Waals surface area contributed by atoms with Gasteiger partial charge in [0.25, 0.3) is 0 Å². The molecule has 0 radical (unpaired) electrons. The van der Waals surface area contributed by atoms with Gasteiger partial charge < -0.3 is 10.1 Å². The summed E-state index contributed by atoms with van der Waals surface area (Å²) in [5, 5.41) is 11.7. The first-order valence-corrected chi connectivity index (χ1v) is 9.85. The minimum Gasteiger partial charge on any atom is -0.497 e. The van der Waals surface area contributed by atoms with Crippen LogP contribution in [0.4, 0.5) is 5.69 Å². The van der Waals surface area contributed by atoms with E-state index in [2.05, 4.69) is 5.32 Å². The Morgan fingerprint density at radius 3 is 2.63 bits per heavy atom. The Hall–Kier alpha value is -2.89. The summed E-state index contributed by atoms with van der Waals surface area (Å²) in [6.45, 7) is 0.313. The molecule has 1 unspecified atom stereocenters. The van der Waals surface area contributed by atoms with E-state index in [0.29, 0.717) is 23.4 Å². The highest BCUT2D eigenvalue weighted by atomic mass is 32.2. The predicted molar refractivity (Wildman–Crippen MR) is 97.8 cm³/mol. The van der Waals surface area contributed by atoms with Crippen molar-refractivity contribution in [2.75, 3.05) is 25.5 Å². The van der Waals surface area contributed by atoms with Gasteiger partial charge in [0, 0.05) is 18.8 Å². The van der Waals surface area contributed by atoms with E-state index >= 15 is 0 Å². The summed E-state index contributed by atoms with van der Waals surface area (Å²) < 4.78 is 32.6. The Morgan fingerprint density at radius 2 is 1.96 bits per heavy atom. The Labute approximate surface area is 157 Å². The van der Waals surface area contributed by atoms with Crippen molar-refractivity contribution < 1.29 is 17.9 Å². The molecular formula is C19H17N3O4S. The van der Waals surface area contributed by atoms with E-state index in [9.17, 15) is 13.2 Å². The van der Waals surface area contributed by atoms with Gasteiger partial charge in [-0.15, -0.1) is 0 Å². The number of ether oxygens (including phenoxy) is 1. The summed E-state index contributed by atoms with van der Waals surface area (Å²) >= 11 is 0. The summed E-state index contributed by atoms with van der Waals surface area (Å²) in [5.74, 6) is 0.432. The predicted octanol–water partition coefficient (Wildman–Crippen LogP) is 1.85. The highest BCUT2D eigenvalue weighted by Crippen LogP contribution is 2.46. The Morgan fingerprint density at radius 1 is 1.22 bits per heavy atom. The smallest absolute Gasteiger partial charge is 0.243 e. The minimum atomic E-state index is -3.76. The van der Waals surface area contributed by atoms with Crippen molar-refractivity contribution in [2.24, 2.45) is 0 Å². The molecule has 2 aliphatic rings. The third-order valence-electron chi connectivity index (χ3n) is 5.28. The second-order valence-corrected chi connectivity index (χ2v) is 8.61. The molecule has 1 saturated heterocycles. The molecule has 27 heavy (non-hydrogen) atoms. The zero-order chi connectivity index (χ0) is 19.2. The number of fused-ring (bicyclic) bond motifs is 2. The zero-order valence-corrected chi connectivity index (χ0v) is 15.4. The van der Waals surface area contributed by atoms with Gasteiger partial charge in [-0.25, -0.2) is 8.42 Å². The lowest BCUT2D eigenvalue weighted by Crippen LogP contribution is -2.39. The first-order valence-electron chi connectivity index (χ1n) is 8.41. The first-order chi connectivity index (χ1) is 12.9. The van der Waals surface area contributed by atoms with Crippen LogP contribution in [0, 0.1) is 11.3 Å². The average Bonchev–Trinajstić information content (AvgIpc) is 3.25. The molecule has 0 saturated carbocycles. The number of anilines is 1. The van der Waals surface area contributed by atoms with Gasteiger partial charge in [-0.05, 0) is 54.4 Å². The van der Waals surface area contributed by atoms with E-state index in [1.54, 1.807) is 25.3 Å². The van der Waals surface area contributed by atoms with Crippen LogP contribution in [0.5, 0.6) is 5.75 Å². The largest absolute Gasteiger partial charge is 0.497 e. The van der Waals surface area contributed by atoms with Crippen molar-refractivity contribution in [1.82, 2.24) is 4.31 Å². The van der Waals surface area contributed by atoms with E-state index in [1.165, 1.54) is 28.6 Å². The van der Waals surface area contributed by atoms with Crippen molar-refractivity contribution in [3.05, 3.63) is 53.6 Å². The Balaban J connectivity index is 1.69. The maximum absolute atomic E-state index is 13.0. The molecule has 2 aromatic carbocycles. The van der Waals surface area contributed by atoms with Crippen molar-refractivity contribution in [2.45, 2.75) is 16.7 Å². The second kappa shape index (κ2) is 6.08. The number of methoxy groups -OCH3 is 1. The number of sulfonamides is 1. The van der Waals surface area contributed by atoms with Gasteiger partial charge in [0.15, 0.2) is 0 Å². The Bertz CT molecular complexity index is 1070. The van der Waals surface area contributed by atoms with Gasteiger partial charge in [-0.3, -0.25) is 4.79 Å². The van der Waals surface area contributed by atoms with Gasteiger partial charge >= 0.3 is 0 Å². The number of benzene rings is 2. The lowest BCUT2D eigenvalue weighted by molar-refractivity contribution is -0.120. The van der Waals surface area contributed by atoms with E-state index in [0.717, 1.165) is 5.56 Å². The maximum atomic E-state index is 13.0. The molecule has 8 heteroatoms. The van der Waals surface area contributed by atoms with Crippen LogP contribution in [0.2, 0.25) is 0 Å². The number of carbonyl (C=O) groups excluding carboxylic acids is 1. The standard InChI is InChI=1S/C19H17N3O4S/c1-26-14-4-7-17-16(10-14)19(18(23)21-17)8-9-22(12-19)27(24,25)15-5-2-13(11-20)3-6-15/h2-7,10H,8-9,12H2,1H3,(H,21,23). The van der Waals surface area contributed by atoms with Gasteiger partial charge in [-0.2, -0.15) is 9.57 Å². The summed E-state index contributed by atoms with van der Waals surface area (Å²) in [6, 6.07) is 13.1. The van der Waals surface area contributed by atoms with Crippen molar-refractivity contribution >= 4 is 21.6 Å². The zero-order valence-electron chi connectivity index (χ0n) is 14.6. The summed E-state index contributed by atoms with van der Waals surface area (Å²) in [5.41, 5.74) is 0.939. The SMILES string of the molecule is COc1ccc2c(c1)C1(CCN(S(=O)(=O)c3ccc(C#N)cc3)C1)C(=O)N2. The van der Waals surface area contributed by atoms with Crippen LogP contribution in [0.15, 0.2) is 47.4 Å². The van der Waals surface area contributed by atoms with Crippen LogP contribution in [-0.2, 0) is 20.2 Å².